The van der Waals surface area contributed by atoms with Crippen molar-refractivity contribution in [1.82, 2.24) is 4.90 Å². The van der Waals surface area contributed by atoms with E-state index >= 15 is 0 Å². The lowest BCUT2D eigenvalue weighted by Gasteiger charge is -2.34. The third kappa shape index (κ3) is 6.56. The first-order valence-corrected chi connectivity index (χ1v) is 11.7. The lowest BCUT2D eigenvalue weighted by Crippen LogP contribution is -2.39. The largest absolute Gasteiger partial charge is 0.497 e. The summed E-state index contributed by atoms with van der Waals surface area (Å²) in [5.41, 5.74) is 14.7. The van der Waals surface area contributed by atoms with Gasteiger partial charge in [-0.2, -0.15) is 0 Å². The summed E-state index contributed by atoms with van der Waals surface area (Å²) < 4.78 is 5.46. The number of anilines is 1. The second kappa shape index (κ2) is 12.2. The smallest absolute Gasteiger partial charge is 0.119 e. The minimum Gasteiger partial charge on any atom is -0.497 e. The molecule has 1 heterocycles. The van der Waals surface area contributed by atoms with Gasteiger partial charge < -0.3 is 26.4 Å². The molecule has 31 heavy (non-hydrogen) atoms. The molecule has 0 bridgehead atoms. The normalized spacial score (nSPS) is 20.9. The highest BCUT2D eigenvalue weighted by Gasteiger charge is 2.32. The van der Waals surface area contributed by atoms with E-state index < -0.39 is 0 Å². The second-order valence-corrected chi connectivity index (χ2v) is 8.55. The SMILES string of the molecule is COc1ccc2c(c1)C(=NCCCN(CCCN)CCCCN)C1C=CC(Cl)=CC1N2. The van der Waals surface area contributed by atoms with Gasteiger partial charge in [0.15, 0.2) is 0 Å². The number of rotatable bonds is 12. The van der Waals surface area contributed by atoms with Crippen molar-refractivity contribution in [1.29, 1.82) is 0 Å². The molecule has 170 valence electrons. The highest BCUT2D eigenvalue weighted by molar-refractivity contribution is 6.31. The molecule has 1 aliphatic heterocycles. The number of aliphatic imine (C=N–C) groups is 1. The molecule has 6 nitrogen and oxygen atoms in total. The Labute approximate surface area is 191 Å². The molecule has 0 saturated heterocycles. The Bertz CT molecular complexity index is 807. The number of benzene rings is 1. The van der Waals surface area contributed by atoms with Gasteiger partial charge in [0.25, 0.3) is 0 Å². The Morgan fingerprint density at radius 2 is 1.87 bits per heavy atom. The van der Waals surface area contributed by atoms with Gasteiger partial charge in [0.2, 0.25) is 0 Å². The summed E-state index contributed by atoms with van der Waals surface area (Å²) in [5, 5.41) is 4.35. The van der Waals surface area contributed by atoms with Gasteiger partial charge in [-0.05, 0) is 88.8 Å². The first-order valence-electron chi connectivity index (χ1n) is 11.3. The van der Waals surface area contributed by atoms with Crippen molar-refractivity contribution in [2.45, 2.75) is 31.7 Å². The van der Waals surface area contributed by atoms with Gasteiger partial charge in [-0.15, -0.1) is 0 Å². The molecule has 1 aromatic carbocycles. The Hall–Kier alpha value is -1.86. The van der Waals surface area contributed by atoms with Crippen LogP contribution in [-0.2, 0) is 0 Å². The third-order valence-electron chi connectivity index (χ3n) is 5.85. The maximum Gasteiger partial charge on any atom is 0.119 e. The number of nitrogens with zero attached hydrogens (tertiary/aromatic N) is 2. The number of nitrogens with one attached hydrogen (secondary N) is 1. The van der Waals surface area contributed by atoms with E-state index in [1.165, 1.54) is 0 Å². The zero-order valence-corrected chi connectivity index (χ0v) is 19.3. The van der Waals surface area contributed by atoms with E-state index in [2.05, 4.69) is 34.5 Å². The maximum atomic E-state index is 6.27. The fourth-order valence-electron chi connectivity index (χ4n) is 4.20. The summed E-state index contributed by atoms with van der Waals surface area (Å²) in [5.74, 6) is 1.01. The van der Waals surface area contributed by atoms with Gasteiger partial charge in [0.1, 0.15) is 5.75 Å². The first-order chi connectivity index (χ1) is 15.2. The molecular weight excluding hydrogens is 410 g/mol. The van der Waals surface area contributed by atoms with Crippen molar-refractivity contribution in [2.24, 2.45) is 22.4 Å². The van der Waals surface area contributed by atoms with Crippen LogP contribution in [0.5, 0.6) is 5.75 Å². The van der Waals surface area contributed by atoms with E-state index in [0.717, 1.165) is 92.7 Å². The number of hydrogen-bond donors (Lipinski definition) is 3. The molecule has 1 aromatic rings. The Morgan fingerprint density at radius 3 is 2.65 bits per heavy atom. The Balaban J connectivity index is 1.70. The molecule has 0 aromatic heterocycles. The molecule has 0 fully saturated rings. The molecule has 5 N–H and O–H groups in total. The van der Waals surface area contributed by atoms with Crippen LogP contribution in [0.25, 0.3) is 0 Å². The van der Waals surface area contributed by atoms with Crippen LogP contribution in [0.15, 0.2) is 46.5 Å². The molecule has 1 aliphatic carbocycles. The van der Waals surface area contributed by atoms with Crippen molar-refractivity contribution in [3.8, 4) is 5.75 Å². The number of hydrogen-bond acceptors (Lipinski definition) is 6. The summed E-state index contributed by atoms with van der Waals surface area (Å²) in [7, 11) is 1.70. The molecule has 0 amide bonds. The van der Waals surface area contributed by atoms with Gasteiger partial charge in [0, 0.05) is 28.7 Å². The van der Waals surface area contributed by atoms with Crippen molar-refractivity contribution >= 4 is 23.0 Å². The highest BCUT2D eigenvalue weighted by Crippen LogP contribution is 2.35. The summed E-state index contributed by atoms with van der Waals surface area (Å²) in [6, 6.07) is 6.23. The van der Waals surface area contributed by atoms with Crippen molar-refractivity contribution in [2.75, 3.05) is 51.7 Å². The molecular formula is C24H36ClN5O. The van der Waals surface area contributed by atoms with Crippen LogP contribution in [0, 0.1) is 5.92 Å². The molecule has 2 aliphatic rings. The predicted octanol–water partition coefficient (Wildman–Crippen LogP) is 3.37. The van der Waals surface area contributed by atoms with Crippen LogP contribution in [0.4, 0.5) is 5.69 Å². The van der Waals surface area contributed by atoms with Crippen molar-refractivity contribution in [3.63, 3.8) is 0 Å². The quantitative estimate of drug-likeness (QED) is 0.429. The van der Waals surface area contributed by atoms with Crippen LogP contribution in [0.2, 0.25) is 0 Å². The molecule has 2 unspecified atom stereocenters. The molecule has 3 rings (SSSR count). The number of fused-ring (bicyclic) bond motifs is 2. The van der Waals surface area contributed by atoms with Gasteiger partial charge >= 0.3 is 0 Å². The molecule has 0 saturated carbocycles. The van der Waals surface area contributed by atoms with Crippen LogP contribution in [-0.4, -0.2) is 63.0 Å². The van der Waals surface area contributed by atoms with E-state index in [4.69, 9.17) is 32.8 Å². The lowest BCUT2D eigenvalue weighted by molar-refractivity contribution is 0.265. The van der Waals surface area contributed by atoms with Crippen molar-refractivity contribution < 1.29 is 4.74 Å². The van der Waals surface area contributed by atoms with E-state index in [9.17, 15) is 0 Å². The molecule has 0 radical (unpaired) electrons. The number of nitrogens with two attached hydrogens (primary N) is 2. The third-order valence-corrected chi connectivity index (χ3v) is 6.10. The van der Waals surface area contributed by atoms with Gasteiger partial charge in [0.05, 0.1) is 18.9 Å². The van der Waals surface area contributed by atoms with Gasteiger partial charge in [-0.1, -0.05) is 17.7 Å². The summed E-state index contributed by atoms with van der Waals surface area (Å²) in [6.45, 7) is 5.42. The van der Waals surface area contributed by atoms with Crippen LogP contribution < -0.4 is 21.5 Å². The minimum absolute atomic E-state index is 0.120. The Morgan fingerprint density at radius 1 is 1.10 bits per heavy atom. The van der Waals surface area contributed by atoms with Gasteiger partial charge in [-0.3, -0.25) is 4.99 Å². The van der Waals surface area contributed by atoms with Crippen LogP contribution >= 0.6 is 11.6 Å². The molecule has 7 heteroatoms. The number of halogens is 1. The fraction of sp³-hybridized carbons (Fsp3) is 0.542. The lowest BCUT2D eigenvalue weighted by atomic mass is 9.82. The maximum absolute atomic E-state index is 6.27. The standard InChI is InChI=1S/C24H36ClN5O/c1-31-19-7-9-22-21(17-19)24(20-8-6-18(25)16-23(20)29-22)28-12-5-15-30(14-4-11-27)13-3-2-10-26/h6-9,16-17,20,23,29H,2-5,10-15,26-27H2,1H3. The average Bonchev–Trinajstić information content (AvgIpc) is 2.78. The van der Waals surface area contributed by atoms with Crippen molar-refractivity contribution in [3.05, 3.63) is 47.0 Å². The second-order valence-electron chi connectivity index (χ2n) is 8.12. The number of ether oxygens (including phenoxy) is 1. The van der Waals surface area contributed by atoms with Crippen LogP contribution in [0.3, 0.4) is 0 Å². The predicted molar refractivity (Wildman–Crippen MR) is 131 cm³/mol. The molecule has 2 atom stereocenters. The Kier molecular flexibility index (Phi) is 9.40. The zero-order valence-electron chi connectivity index (χ0n) is 18.5. The van der Waals surface area contributed by atoms with E-state index in [1.807, 2.05) is 12.1 Å². The summed E-state index contributed by atoms with van der Waals surface area (Å²) >= 11 is 6.27. The topological polar surface area (TPSA) is 88.9 Å². The fourth-order valence-corrected chi connectivity index (χ4v) is 4.41. The summed E-state index contributed by atoms with van der Waals surface area (Å²) in [4.78, 5) is 7.58. The van der Waals surface area contributed by atoms with Crippen LogP contribution in [0.1, 0.15) is 31.2 Å². The summed E-state index contributed by atoms with van der Waals surface area (Å²) in [6.07, 6.45) is 10.4. The van der Waals surface area contributed by atoms with E-state index in [1.54, 1.807) is 7.11 Å². The van der Waals surface area contributed by atoms with E-state index in [-0.39, 0.29) is 12.0 Å². The first kappa shape index (κ1) is 23.8. The average molecular weight is 446 g/mol. The molecule has 0 spiro atoms. The number of unbranched alkanes of at least 4 members (excludes halogenated alkanes) is 1. The van der Waals surface area contributed by atoms with Gasteiger partial charge in [-0.25, -0.2) is 0 Å². The highest BCUT2D eigenvalue weighted by atomic mass is 35.5. The number of allylic oxidation sites excluding steroid dienone is 2. The number of methoxy groups -OCH3 is 1. The monoisotopic (exact) mass is 445 g/mol. The minimum atomic E-state index is 0.120. The zero-order chi connectivity index (χ0) is 22.1. The van der Waals surface area contributed by atoms with E-state index in [0.29, 0.717) is 0 Å².